The van der Waals surface area contributed by atoms with Crippen LogP contribution in [0.1, 0.15) is 29.7 Å². The van der Waals surface area contributed by atoms with Crippen molar-refractivity contribution in [3.05, 3.63) is 70.5 Å². The predicted molar refractivity (Wildman–Crippen MR) is 77.6 cm³/mol. The fourth-order valence-electron chi connectivity index (χ4n) is 2.44. The normalized spacial score (nSPS) is 12.4. The lowest BCUT2D eigenvalue weighted by Crippen LogP contribution is -2.23. The van der Waals surface area contributed by atoms with E-state index in [0.29, 0.717) is 6.54 Å². The van der Waals surface area contributed by atoms with Crippen LogP contribution in [-0.2, 0) is 6.42 Å². The van der Waals surface area contributed by atoms with Crippen LogP contribution in [0.15, 0.2) is 36.4 Å². The van der Waals surface area contributed by atoms with Crippen molar-refractivity contribution in [1.29, 1.82) is 0 Å². The Morgan fingerprint density at radius 2 is 1.76 bits per heavy atom. The van der Waals surface area contributed by atoms with E-state index < -0.39 is 11.6 Å². The topological polar surface area (TPSA) is 12.0 Å². The van der Waals surface area contributed by atoms with Crippen molar-refractivity contribution in [2.24, 2.45) is 0 Å². The summed E-state index contributed by atoms with van der Waals surface area (Å²) in [5.41, 5.74) is 1.81. The Morgan fingerprint density at radius 3 is 2.43 bits per heavy atom. The van der Waals surface area contributed by atoms with Gasteiger partial charge in [-0.25, -0.2) is 13.2 Å². The van der Waals surface area contributed by atoms with E-state index >= 15 is 0 Å². The minimum atomic E-state index is -0.475. The molecule has 0 fully saturated rings. The monoisotopic (exact) mass is 293 g/mol. The van der Waals surface area contributed by atoms with Crippen LogP contribution >= 0.6 is 0 Å². The summed E-state index contributed by atoms with van der Waals surface area (Å²) in [6.07, 6.45) is 0.264. The van der Waals surface area contributed by atoms with Gasteiger partial charge in [0.25, 0.3) is 0 Å². The maximum Gasteiger partial charge on any atom is 0.126 e. The molecule has 112 valence electrons. The number of hydrogen-bond donors (Lipinski definition) is 1. The molecule has 0 amide bonds. The molecule has 1 unspecified atom stereocenters. The van der Waals surface area contributed by atoms with E-state index in [0.717, 1.165) is 23.3 Å². The van der Waals surface area contributed by atoms with Crippen LogP contribution in [0.5, 0.6) is 0 Å². The standard InChI is InChI=1S/C17H18F3N/c1-3-21-17(13-6-11(2)7-15(19)9-13)10-12-8-14(18)4-5-16(12)20/h4-9,17,21H,3,10H2,1-2H3. The van der Waals surface area contributed by atoms with Crippen molar-refractivity contribution in [2.75, 3.05) is 6.54 Å². The molecule has 2 aromatic rings. The zero-order valence-corrected chi connectivity index (χ0v) is 12.1. The fraction of sp³-hybridized carbons (Fsp3) is 0.294. The second-order valence-electron chi connectivity index (χ2n) is 5.11. The first-order chi connectivity index (χ1) is 9.99. The van der Waals surface area contributed by atoms with Gasteiger partial charge >= 0.3 is 0 Å². The van der Waals surface area contributed by atoms with Crippen molar-refractivity contribution in [3.8, 4) is 0 Å². The fourth-order valence-corrected chi connectivity index (χ4v) is 2.44. The third-order valence-corrected chi connectivity index (χ3v) is 3.35. The van der Waals surface area contributed by atoms with E-state index in [4.69, 9.17) is 0 Å². The quantitative estimate of drug-likeness (QED) is 0.866. The van der Waals surface area contributed by atoms with Gasteiger partial charge in [-0.2, -0.15) is 0 Å². The lowest BCUT2D eigenvalue weighted by atomic mass is 9.97. The van der Waals surface area contributed by atoms with Gasteiger partial charge in [0.1, 0.15) is 17.5 Å². The summed E-state index contributed by atoms with van der Waals surface area (Å²) in [7, 11) is 0. The molecule has 0 spiro atoms. The van der Waals surface area contributed by atoms with Crippen molar-refractivity contribution >= 4 is 0 Å². The number of hydrogen-bond acceptors (Lipinski definition) is 1. The van der Waals surface area contributed by atoms with E-state index in [1.54, 1.807) is 6.92 Å². The smallest absolute Gasteiger partial charge is 0.126 e. The molecule has 0 aliphatic heterocycles. The summed E-state index contributed by atoms with van der Waals surface area (Å²) in [5.74, 6) is -1.25. The lowest BCUT2D eigenvalue weighted by molar-refractivity contribution is 0.518. The number of halogens is 3. The molecular weight excluding hydrogens is 275 g/mol. The molecule has 2 aromatic carbocycles. The molecule has 2 rings (SSSR count). The second-order valence-corrected chi connectivity index (χ2v) is 5.11. The first-order valence-electron chi connectivity index (χ1n) is 6.94. The summed E-state index contributed by atoms with van der Waals surface area (Å²) in [6, 6.07) is 7.85. The molecular formula is C17H18F3N. The molecule has 1 N–H and O–H groups in total. The van der Waals surface area contributed by atoms with Gasteiger partial charge in [-0.05, 0) is 66.9 Å². The van der Waals surface area contributed by atoms with Crippen molar-refractivity contribution < 1.29 is 13.2 Å². The van der Waals surface area contributed by atoms with E-state index in [1.807, 2.05) is 13.0 Å². The average molecular weight is 293 g/mol. The summed E-state index contributed by atoms with van der Waals surface area (Å²) in [6.45, 7) is 4.37. The molecule has 0 radical (unpaired) electrons. The van der Waals surface area contributed by atoms with E-state index in [2.05, 4.69) is 5.32 Å². The lowest BCUT2D eigenvalue weighted by Gasteiger charge is -2.19. The van der Waals surface area contributed by atoms with Crippen LogP contribution in [0.2, 0.25) is 0 Å². The Labute approximate surface area is 122 Å². The van der Waals surface area contributed by atoms with E-state index in [1.165, 1.54) is 18.2 Å². The van der Waals surface area contributed by atoms with E-state index in [9.17, 15) is 13.2 Å². The van der Waals surface area contributed by atoms with Crippen molar-refractivity contribution in [2.45, 2.75) is 26.3 Å². The molecule has 0 saturated heterocycles. The SMILES string of the molecule is CCNC(Cc1cc(F)ccc1F)c1cc(C)cc(F)c1. The predicted octanol–water partition coefficient (Wildman–Crippen LogP) is 4.31. The molecule has 21 heavy (non-hydrogen) atoms. The second kappa shape index (κ2) is 6.76. The first kappa shape index (κ1) is 15.6. The van der Waals surface area contributed by atoms with Crippen molar-refractivity contribution in [3.63, 3.8) is 0 Å². The Balaban J connectivity index is 2.32. The third-order valence-electron chi connectivity index (χ3n) is 3.35. The van der Waals surface area contributed by atoms with Crippen LogP contribution in [-0.4, -0.2) is 6.54 Å². The van der Waals surface area contributed by atoms with Gasteiger partial charge in [0.15, 0.2) is 0 Å². The molecule has 1 atom stereocenters. The number of benzene rings is 2. The van der Waals surface area contributed by atoms with Gasteiger partial charge in [-0.15, -0.1) is 0 Å². The van der Waals surface area contributed by atoms with Crippen molar-refractivity contribution in [1.82, 2.24) is 5.32 Å². The van der Waals surface area contributed by atoms with E-state index in [-0.39, 0.29) is 23.8 Å². The number of aryl methyl sites for hydroxylation is 1. The molecule has 0 heterocycles. The van der Waals surface area contributed by atoms with Gasteiger partial charge in [0.05, 0.1) is 0 Å². The van der Waals surface area contributed by atoms with Crippen LogP contribution < -0.4 is 5.32 Å². The molecule has 0 aromatic heterocycles. The number of likely N-dealkylation sites (N-methyl/N-ethyl adjacent to an activating group) is 1. The van der Waals surface area contributed by atoms with Gasteiger partial charge in [0.2, 0.25) is 0 Å². The van der Waals surface area contributed by atoms with Crippen LogP contribution in [0.25, 0.3) is 0 Å². The highest BCUT2D eigenvalue weighted by Crippen LogP contribution is 2.23. The summed E-state index contributed by atoms with van der Waals surface area (Å²) < 4.78 is 40.6. The van der Waals surface area contributed by atoms with Gasteiger partial charge in [-0.1, -0.05) is 13.0 Å². The molecule has 0 aliphatic rings. The third kappa shape index (κ3) is 4.08. The zero-order chi connectivity index (χ0) is 15.4. The number of rotatable bonds is 5. The Bertz CT molecular complexity index is 605. The minimum Gasteiger partial charge on any atom is -0.310 e. The molecule has 0 saturated carbocycles. The number of nitrogens with one attached hydrogen (secondary N) is 1. The average Bonchev–Trinajstić information content (AvgIpc) is 2.41. The maximum atomic E-state index is 13.8. The highest BCUT2D eigenvalue weighted by molar-refractivity contribution is 5.29. The van der Waals surface area contributed by atoms with Gasteiger partial charge in [-0.3, -0.25) is 0 Å². The largest absolute Gasteiger partial charge is 0.310 e. The molecule has 1 nitrogen and oxygen atoms in total. The zero-order valence-electron chi connectivity index (χ0n) is 12.1. The summed E-state index contributed by atoms with van der Waals surface area (Å²) in [4.78, 5) is 0. The van der Waals surface area contributed by atoms with Crippen LogP contribution in [0, 0.1) is 24.4 Å². The summed E-state index contributed by atoms with van der Waals surface area (Å²) >= 11 is 0. The van der Waals surface area contributed by atoms with Crippen LogP contribution in [0.3, 0.4) is 0 Å². The van der Waals surface area contributed by atoms with Gasteiger partial charge < -0.3 is 5.32 Å². The van der Waals surface area contributed by atoms with Crippen LogP contribution in [0.4, 0.5) is 13.2 Å². The minimum absolute atomic E-state index is 0.263. The summed E-state index contributed by atoms with van der Waals surface area (Å²) in [5, 5.41) is 3.19. The Kier molecular flexibility index (Phi) is 5.02. The molecule has 4 heteroatoms. The highest BCUT2D eigenvalue weighted by atomic mass is 19.1. The first-order valence-corrected chi connectivity index (χ1v) is 6.94. The molecule has 0 aliphatic carbocycles. The Hall–Kier alpha value is -1.81. The maximum absolute atomic E-state index is 13.8. The molecule has 0 bridgehead atoms. The highest BCUT2D eigenvalue weighted by Gasteiger charge is 2.15. The van der Waals surface area contributed by atoms with Gasteiger partial charge in [0, 0.05) is 6.04 Å². The Morgan fingerprint density at radius 1 is 1.00 bits per heavy atom.